The van der Waals surface area contributed by atoms with Crippen molar-refractivity contribution in [3.05, 3.63) is 35.4 Å². The van der Waals surface area contributed by atoms with Gasteiger partial charge in [-0.15, -0.1) is 0 Å². The lowest BCUT2D eigenvalue weighted by Crippen LogP contribution is -2.25. The van der Waals surface area contributed by atoms with Gasteiger partial charge in [0.15, 0.2) is 0 Å². The second-order valence-corrected chi connectivity index (χ2v) is 3.65. The molecule has 0 atom stereocenters. The fourth-order valence-electron chi connectivity index (χ4n) is 1.65. The van der Waals surface area contributed by atoms with Crippen LogP contribution >= 0.6 is 0 Å². The molecule has 1 aromatic carbocycles. The van der Waals surface area contributed by atoms with Crippen molar-refractivity contribution < 1.29 is 0 Å². The summed E-state index contributed by atoms with van der Waals surface area (Å²) in [6.07, 6.45) is 1.10. The Morgan fingerprint density at radius 1 is 1.21 bits per heavy atom. The van der Waals surface area contributed by atoms with Crippen molar-refractivity contribution >= 4 is 0 Å². The van der Waals surface area contributed by atoms with Crippen LogP contribution in [0.3, 0.4) is 0 Å². The van der Waals surface area contributed by atoms with Crippen LogP contribution in [-0.4, -0.2) is 25.0 Å². The van der Waals surface area contributed by atoms with Crippen molar-refractivity contribution in [3.8, 4) is 0 Å². The third-order valence-electron chi connectivity index (χ3n) is 2.45. The first kappa shape index (κ1) is 11.2. The Morgan fingerprint density at radius 3 is 2.43 bits per heavy atom. The number of likely N-dealkylation sites (N-methyl/N-ethyl adjacent to an activating group) is 1. The number of rotatable bonds is 5. The molecule has 0 heterocycles. The second-order valence-electron chi connectivity index (χ2n) is 3.65. The van der Waals surface area contributed by atoms with Gasteiger partial charge in [0.05, 0.1) is 0 Å². The Hall–Kier alpha value is -0.860. The van der Waals surface area contributed by atoms with Gasteiger partial charge in [-0.1, -0.05) is 31.2 Å². The molecular formula is C12H20N2. The molecule has 0 spiro atoms. The Balaban J connectivity index is 2.65. The average molecular weight is 192 g/mol. The van der Waals surface area contributed by atoms with Crippen molar-refractivity contribution in [2.45, 2.75) is 19.9 Å². The molecule has 0 saturated heterocycles. The number of benzene rings is 1. The van der Waals surface area contributed by atoms with Crippen LogP contribution in [0.5, 0.6) is 0 Å². The monoisotopic (exact) mass is 192 g/mol. The minimum Gasteiger partial charge on any atom is -0.329 e. The van der Waals surface area contributed by atoms with E-state index in [4.69, 9.17) is 5.73 Å². The number of hydrogen-bond donors (Lipinski definition) is 1. The minimum absolute atomic E-state index is 0.727. The number of nitrogens with zero attached hydrogens (tertiary/aromatic N) is 1. The van der Waals surface area contributed by atoms with Gasteiger partial charge in [-0.05, 0) is 24.6 Å². The highest BCUT2D eigenvalue weighted by molar-refractivity contribution is 5.26. The molecule has 2 nitrogen and oxygen atoms in total. The van der Waals surface area contributed by atoms with E-state index in [1.54, 1.807) is 0 Å². The van der Waals surface area contributed by atoms with E-state index in [1.165, 1.54) is 11.1 Å². The SMILES string of the molecule is CCc1ccccc1CN(C)CCN. The van der Waals surface area contributed by atoms with E-state index in [0.717, 1.165) is 26.1 Å². The van der Waals surface area contributed by atoms with Crippen LogP contribution in [0.4, 0.5) is 0 Å². The maximum atomic E-state index is 5.51. The summed E-state index contributed by atoms with van der Waals surface area (Å²) in [5.41, 5.74) is 8.38. The fourth-order valence-corrected chi connectivity index (χ4v) is 1.65. The summed E-state index contributed by atoms with van der Waals surface area (Å²) >= 11 is 0. The molecule has 0 unspecified atom stereocenters. The molecule has 0 radical (unpaired) electrons. The van der Waals surface area contributed by atoms with Gasteiger partial charge in [-0.3, -0.25) is 0 Å². The fraction of sp³-hybridized carbons (Fsp3) is 0.500. The maximum absolute atomic E-state index is 5.51. The average Bonchev–Trinajstić information content (AvgIpc) is 2.19. The Morgan fingerprint density at radius 2 is 1.86 bits per heavy atom. The summed E-state index contributed by atoms with van der Waals surface area (Å²) in [5, 5.41) is 0. The van der Waals surface area contributed by atoms with Gasteiger partial charge in [0.1, 0.15) is 0 Å². The van der Waals surface area contributed by atoms with Crippen molar-refractivity contribution in [1.82, 2.24) is 4.90 Å². The largest absolute Gasteiger partial charge is 0.329 e. The van der Waals surface area contributed by atoms with Gasteiger partial charge >= 0.3 is 0 Å². The summed E-state index contributed by atoms with van der Waals surface area (Å²) in [6, 6.07) is 8.60. The normalized spacial score (nSPS) is 10.9. The molecule has 0 aliphatic carbocycles. The quantitative estimate of drug-likeness (QED) is 0.768. The van der Waals surface area contributed by atoms with Crippen molar-refractivity contribution in [2.24, 2.45) is 5.73 Å². The Bertz CT molecular complexity index is 271. The lowest BCUT2D eigenvalue weighted by molar-refractivity contribution is 0.335. The number of hydrogen-bond acceptors (Lipinski definition) is 2. The summed E-state index contributed by atoms with van der Waals surface area (Å²) in [7, 11) is 2.11. The molecule has 14 heavy (non-hydrogen) atoms. The van der Waals surface area contributed by atoms with Gasteiger partial charge in [0.25, 0.3) is 0 Å². The summed E-state index contributed by atoms with van der Waals surface area (Å²) in [4.78, 5) is 2.26. The van der Waals surface area contributed by atoms with E-state index in [-0.39, 0.29) is 0 Å². The van der Waals surface area contributed by atoms with Gasteiger partial charge in [0.2, 0.25) is 0 Å². The third-order valence-corrected chi connectivity index (χ3v) is 2.45. The van der Waals surface area contributed by atoms with Crippen molar-refractivity contribution in [1.29, 1.82) is 0 Å². The van der Waals surface area contributed by atoms with Crippen LogP contribution in [-0.2, 0) is 13.0 Å². The van der Waals surface area contributed by atoms with E-state index in [2.05, 4.69) is 43.1 Å². The Kier molecular flexibility index (Phi) is 4.63. The molecule has 1 rings (SSSR count). The highest BCUT2D eigenvalue weighted by Gasteiger charge is 2.02. The molecule has 2 N–H and O–H groups in total. The maximum Gasteiger partial charge on any atom is 0.0233 e. The lowest BCUT2D eigenvalue weighted by Gasteiger charge is -2.17. The first-order valence-corrected chi connectivity index (χ1v) is 5.23. The summed E-state index contributed by atoms with van der Waals surface area (Å²) < 4.78 is 0. The Labute approximate surface area is 86.7 Å². The number of aryl methyl sites for hydroxylation is 1. The molecule has 2 heteroatoms. The molecule has 0 aromatic heterocycles. The molecular weight excluding hydrogens is 172 g/mol. The lowest BCUT2D eigenvalue weighted by atomic mass is 10.1. The van der Waals surface area contributed by atoms with Crippen molar-refractivity contribution in [2.75, 3.05) is 20.1 Å². The second kappa shape index (κ2) is 5.78. The first-order valence-electron chi connectivity index (χ1n) is 5.23. The van der Waals surface area contributed by atoms with E-state index in [9.17, 15) is 0 Å². The predicted octanol–water partition coefficient (Wildman–Crippen LogP) is 1.64. The third kappa shape index (κ3) is 3.13. The van der Waals surface area contributed by atoms with E-state index < -0.39 is 0 Å². The number of nitrogens with two attached hydrogens (primary N) is 1. The van der Waals surface area contributed by atoms with Crippen LogP contribution in [0, 0.1) is 0 Å². The van der Waals surface area contributed by atoms with Crippen molar-refractivity contribution in [3.63, 3.8) is 0 Å². The van der Waals surface area contributed by atoms with E-state index >= 15 is 0 Å². The minimum atomic E-state index is 0.727. The topological polar surface area (TPSA) is 29.3 Å². The van der Waals surface area contributed by atoms with Crippen LogP contribution in [0.1, 0.15) is 18.1 Å². The zero-order valence-electron chi connectivity index (χ0n) is 9.16. The highest BCUT2D eigenvalue weighted by atomic mass is 15.1. The molecule has 0 amide bonds. The van der Waals surface area contributed by atoms with E-state index in [0.29, 0.717) is 0 Å². The van der Waals surface area contributed by atoms with Gasteiger partial charge in [-0.25, -0.2) is 0 Å². The van der Waals surface area contributed by atoms with E-state index in [1.807, 2.05) is 0 Å². The highest BCUT2D eigenvalue weighted by Crippen LogP contribution is 2.11. The smallest absolute Gasteiger partial charge is 0.0233 e. The van der Waals surface area contributed by atoms with Crippen LogP contribution in [0.15, 0.2) is 24.3 Å². The van der Waals surface area contributed by atoms with Gasteiger partial charge < -0.3 is 10.6 Å². The van der Waals surface area contributed by atoms with Crippen LogP contribution in [0.2, 0.25) is 0 Å². The molecule has 0 aliphatic heterocycles. The van der Waals surface area contributed by atoms with Crippen LogP contribution < -0.4 is 5.73 Å². The molecule has 78 valence electrons. The molecule has 0 aliphatic rings. The van der Waals surface area contributed by atoms with Gasteiger partial charge in [-0.2, -0.15) is 0 Å². The standard InChI is InChI=1S/C12H20N2/c1-3-11-6-4-5-7-12(11)10-14(2)9-8-13/h4-7H,3,8-10,13H2,1-2H3. The zero-order chi connectivity index (χ0) is 10.4. The molecule has 1 aromatic rings. The van der Waals surface area contributed by atoms with Crippen LogP contribution in [0.25, 0.3) is 0 Å². The zero-order valence-corrected chi connectivity index (χ0v) is 9.16. The molecule has 0 saturated carbocycles. The predicted molar refractivity (Wildman–Crippen MR) is 61.2 cm³/mol. The summed E-state index contributed by atoms with van der Waals surface area (Å²) in [5.74, 6) is 0. The van der Waals surface area contributed by atoms with Gasteiger partial charge in [0, 0.05) is 19.6 Å². The summed E-state index contributed by atoms with van der Waals surface area (Å²) in [6.45, 7) is 4.88. The molecule has 0 bridgehead atoms. The molecule has 0 fully saturated rings. The first-order chi connectivity index (χ1) is 6.77.